The molecule has 2 N–H and O–H groups in total. The average Bonchev–Trinajstić information content (AvgIpc) is 2.42. The summed E-state index contributed by atoms with van der Waals surface area (Å²) in [7, 11) is 0. The molecule has 0 saturated carbocycles. The molecule has 0 spiro atoms. The van der Waals surface area contributed by atoms with Gasteiger partial charge in [0.05, 0.1) is 5.69 Å². The van der Waals surface area contributed by atoms with Crippen LogP contribution in [0.25, 0.3) is 0 Å². The van der Waals surface area contributed by atoms with E-state index in [-0.39, 0.29) is 0 Å². The van der Waals surface area contributed by atoms with Gasteiger partial charge in [-0.3, -0.25) is 0 Å². The number of nitrogen functional groups attached to an aromatic ring is 1. The Balaban J connectivity index is 2.07. The summed E-state index contributed by atoms with van der Waals surface area (Å²) in [6.07, 6.45) is 7.93. The van der Waals surface area contributed by atoms with Gasteiger partial charge in [-0.1, -0.05) is 6.08 Å². The summed E-state index contributed by atoms with van der Waals surface area (Å²) in [6, 6.07) is 0. The highest BCUT2D eigenvalue weighted by atomic mass is 32.1. The Kier molecular flexibility index (Phi) is 2.87. The van der Waals surface area contributed by atoms with E-state index in [9.17, 15) is 0 Å². The molecule has 1 aromatic heterocycles. The van der Waals surface area contributed by atoms with E-state index in [1.807, 2.05) is 6.08 Å². The molecule has 1 aromatic rings. The first-order valence-electron chi connectivity index (χ1n) is 5.14. The lowest BCUT2D eigenvalue weighted by atomic mass is 9.97. The molecule has 2 nitrogen and oxygen atoms in total. The summed E-state index contributed by atoms with van der Waals surface area (Å²) >= 11 is 1.66. The van der Waals surface area contributed by atoms with Gasteiger partial charge in [0, 0.05) is 4.88 Å². The third-order valence-corrected chi connectivity index (χ3v) is 3.85. The van der Waals surface area contributed by atoms with Crippen LogP contribution in [0, 0.1) is 5.92 Å². The molecule has 1 atom stereocenters. The Morgan fingerprint density at radius 2 is 2.29 bits per heavy atom. The second-order valence-electron chi connectivity index (χ2n) is 3.89. The maximum Gasteiger partial charge on any atom is 0.180 e. The number of nitrogens with two attached hydrogens (primary N) is 1. The summed E-state index contributed by atoms with van der Waals surface area (Å²) in [6.45, 7) is 3.80. The highest BCUT2D eigenvalue weighted by Gasteiger charge is 2.18. The fourth-order valence-electron chi connectivity index (χ4n) is 2.09. The van der Waals surface area contributed by atoms with Crippen LogP contribution in [0.5, 0.6) is 0 Å². The monoisotopic (exact) mass is 208 g/mol. The SMILES string of the molecule is C=CCC1CCc2nc(N)sc2CC1. The van der Waals surface area contributed by atoms with Crippen molar-refractivity contribution in [3.05, 3.63) is 23.2 Å². The van der Waals surface area contributed by atoms with Crippen molar-refractivity contribution in [2.75, 3.05) is 5.73 Å². The van der Waals surface area contributed by atoms with Gasteiger partial charge in [0.15, 0.2) is 5.13 Å². The second-order valence-corrected chi connectivity index (χ2v) is 5.00. The zero-order valence-electron chi connectivity index (χ0n) is 8.33. The molecule has 0 aliphatic heterocycles. The Bertz CT molecular complexity index is 305. The van der Waals surface area contributed by atoms with Crippen LogP contribution in [0.1, 0.15) is 29.8 Å². The van der Waals surface area contributed by atoms with Gasteiger partial charge in [0.25, 0.3) is 0 Å². The molecule has 0 aromatic carbocycles. The van der Waals surface area contributed by atoms with Gasteiger partial charge in [0.1, 0.15) is 0 Å². The van der Waals surface area contributed by atoms with E-state index in [1.54, 1.807) is 11.3 Å². The molecule has 0 radical (unpaired) electrons. The van der Waals surface area contributed by atoms with Crippen molar-refractivity contribution in [2.24, 2.45) is 5.92 Å². The minimum atomic E-state index is 0.733. The van der Waals surface area contributed by atoms with Crippen LogP contribution in [0.4, 0.5) is 5.13 Å². The van der Waals surface area contributed by atoms with Crippen LogP contribution in [-0.2, 0) is 12.8 Å². The van der Waals surface area contributed by atoms with Crippen LogP contribution < -0.4 is 5.73 Å². The lowest BCUT2D eigenvalue weighted by Gasteiger charge is -2.09. The van der Waals surface area contributed by atoms with E-state index in [1.165, 1.54) is 23.4 Å². The van der Waals surface area contributed by atoms with Gasteiger partial charge in [0.2, 0.25) is 0 Å². The highest BCUT2D eigenvalue weighted by molar-refractivity contribution is 7.15. The summed E-state index contributed by atoms with van der Waals surface area (Å²) in [5.41, 5.74) is 6.94. The fourth-order valence-corrected chi connectivity index (χ4v) is 2.98. The maximum atomic E-state index is 5.69. The number of hydrogen-bond donors (Lipinski definition) is 1. The van der Waals surface area contributed by atoms with E-state index < -0.39 is 0 Å². The molecule has 1 heterocycles. The van der Waals surface area contributed by atoms with E-state index in [0.29, 0.717) is 0 Å². The Morgan fingerprint density at radius 3 is 3.07 bits per heavy atom. The first-order chi connectivity index (χ1) is 6.79. The van der Waals surface area contributed by atoms with Crippen molar-refractivity contribution >= 4 is 16.5 Å². The fraction of sp³-hybridized carbons (Fsp3) is 0.545. The summed E-state index contributed by atoms with van der Waals surface area (Å²) < 4.78 is 0. The van der Waals surface area contributed by atoms with Gasteiger partial charge < -0.3 is 5.73 Å². The molecule has 2 rings (SSSR count). The Labute approximate surface area is 88.9 Å². The third-order valence-electron chi connectivity index (χ3n) is 2.86. The normalized spacial score (nSPS) is 21.3. The minimum Gasteiger partial charge on any atom is -0.375 e. The first kappa shape index (κ1) is 9.71. The molecule has 0 fully saturated rings. The van der Waals surface area contributed by atoms with Gasteiger partial charge >= 0.3 is 0 Å². The lowest BCUT2D eigenvalue weighted by molar-refractivity contribution is 0.470. The van der Waals surface area contributed by atoms with Gasteiger partial charge in [-0.25, -0.2) is 4.98 Å². The molecule has 3 heteroatoms. The zero-order valence-corrected chi connectivity index (χ0v) is 9.15. The number of allylic oxidation sites excluding steroid dienone is 1. The topological polar surface area (TPSA) is 38.9 Å². The summed E-state index contributed by atoms with van der Waals surface area (Å²) in [4.78, 5) is 5.79. The summed E-state index contributed by atoms with van der Waals surface area (Å²) in [5, 5.41) is 0.733. The predicted molar refractivity (Wildman–Crippen MR) is 61.5 cm³/mol. The van der Waals surface area contributed by atoms with Crippen LogP contribution in [0.15, 0.2) is 12.7 Å². The van der Waals surface area contributed by atoms with E-state index in [0.717, 1.165) is 30.3 Å². The number of thiazole rings is 1. The number of nitrogens with zero attached hydrogens (tertiary/aromatic N) is 1. The molecule has 0 amide bonds. The van der Waals surface area contributed by atoms with Crippen LogP contribution >= 0.6 is 11.3 Å². The number of hydrogen-bond acceptors (Lipinski definition) is 3. The lowest BCUT2D eigenvalue weighted by Crippen LogP contribution is -1.99. The quantitative estimate of drug-likeness (QED) is 0.599. The number of anilines is 1. The molecule has 1 aliphatic carbocycles. The van der Waals surface area contributed by atoms with E-state index >= 15 is 0 Å². The van der Waals surface area contributed by atoms with Crippen LogP contribution in [-0.4, -0.2) is 4.98 Å². The Morgan fingerprint density at radius 1 is 1.50 bits per heavy atom. The molecule has 0 saturated heterocycles. The van der Waals surface area contributed by atoms with E-state index in [4.69, 9.17) is 5.73 Å². The van der Waals surface area contributed by atoms with Crippen molar-refractivity contribution < 1.29 is 0 Å². The number of aromatic nitrogens is 1. The van der Waals surface area contributed by atoms with Crippen molar-refractivity contribution in [2.45, 2.75) is 32.1 Å². The molecular formula is C11H16N2S. The van der Waals surface area contributed by atoms with Gasteiger partial charge in [-0.05, 0) is 38.0 Å². The molecule has 1 aliphatic rings. The minimum absolute atomic E-state index is 0.733. The molecule has 1 unspecified atom stereocenters. The van der Waals surface area contributed by atoms with Crippen LogP contribution in [0.3, 0.4) is 0 Å². The smallest absolute Gasteiger partial charge is 0.180 e. The van der Waals surface area contributed by atoms with Gasteiger partial charge in [-0.15, -0.1) is 17.9 Å². The first-order valence-corrected chi connectivity index (χ1v) is 5.96. The van der Waals surface area contributed by atoms with Crippen molar-refractivity contribution in [1.29, 1.82) is 0 Å². The Hall–Kier alpha value is -0.830. The summed E-state index contributed by atoms with van der Waals surface area (Å²) in [5.74, 6) is 0.801. The standard InChI is InChI=1S/C11H16N2S/c1-2-3-8-4-6-9-10(7-5-8)14-11(12)13-9/h2,8H,1,3-7H2,(H2,12,13). The maximum absolute atomic E-state index is 5.69. The van der Waals surface area contributed by atoms with Crippen molar-refractivity contribution in [3.63, 3.8) is 0 Å². The largest absolute Gasteiger partial charge is 0.375 e. The zero-order chi connectivity index (χ0) is 9.97. The van der Waals surface area contributed by atoms with E-state index in [2.05, 4.69) is 11.6 Å². The molecular weight excluding hydrogens is 192 g/mol. The van der Waals surface area contributed by atoms with Gasteiger partial charge in [-0.2, -0.15) is 0 Å². The third kappa shape index (κ3) is 1.98. The van der Waals surface area contributed by atoms with Crippen LogP contribution in [0.2, 0.25) is 0 Å². The molecule has 76 valence electrons. The number of rotatable bonds is 2. The predicted octanol–water partition coefficient (Wildman–Crippen LogP) is 2.80. The molecule has 0 bridgehead atoms. The van der Waals surface area contributed by atoms with Crippen molar-refractivity contribution in [3.8, 4) is 0 Å². The molecule has 14 heavy (non-hydrogen) atoms. The average molecular weight is 208 g/mol. The highest BCUT2D eigenvalue weighted by Crippen LogP contribution is 2.30. The number of aryl methyl sites for hydroxylation is 2. The number of fused-ring (bicyclic) bond motifs is 1. The second kappa shape index (κ2) is 4.13. The van der Waals surface area contributed by atoms with Crippen molar-refractivity contribution in [1.82, 2.24) is 4.98 Å².